The van der Waals surface area contributed by atoms with Gasteiger partial charge in [-0.3, -0.25) is 4.79 Å². The molecule has 0 aliphatic heterocycles. The van der Waals surface area contributed by atoms with Crippen molar-refractivity contribution in [2.24, 2.45) is 5.10 Å². The first-order valence-corrected chi connectivity index (χ1v) is 6.85. The molecule has 0 saturated heterocycles. The van der Waals surface area contributed by atoms with E-state index in [1.54, 1.807) is 13.0 Å². The number of carboxylic acid groups (broad SMARTS) is 1. The van der Waals surface area contributed by atoms with Crippen molar-refractivity contribution in [2.75, 3.05) is 14.2 Å². The molecule has 2 N–H and O–H groups in total. The molecule has 0 saturated carbocycles. The molecule has 0 unspecified atom stereocenters. The first kappa shape index (κ1) is 17.1. The summed E-state index contributed by atoms with van der Waals surface area (Å²) >= 11 is 0. The summed E-state index contributed by atoms with van der Waals surface area (Å²) in [7, 11) is 2.75. The third-order valence-electron chi connectivity index (χ3n) is 3.26. The Morgan fingerprint density at radius 3 is 2.54 bits per heavy atom. The molecule has 0 radical (unpaired) electrons. The number of rotatable bonds is 6. The fourth-order valence-electron chi connectivity index (χ4n) is 2.11. The maximum absolute atomic E-state index is 11.9. The van der Waals surface area contributed by atoms with Crippen LogP contribution in [0.2, 0.25) is 0 Å². The van der Waals surface area contributed by atoms with E-state index in [4.69, 9.17) is 13.9 Å². The van der Waals surface area contributed by atoms with Crippen molar-refractivity contribution in [2.45, 2.75) is 6.92 Å². The number of amides is 1. The first-order valence-electron chi connectivity index (χ1n) is 6.85. The normalized spacial score (nSPS) is 10.6. The summed E-state index contributed by atoms with van der Waals surface area (Å²) in [6.45, 7) is 1.65. The van der Waals surface area contributed by atoms with Gasteiger partial charge in [-0.15, -0.1) is 0 Å². The number of hydrazone groups is 1. The molecule has 0 aliphatic rings. The third kappa shape index (κ3) is 3.37. The second-order valence-corrected chi connectivity index (χ2v) is 4.66. The Morgan fingerprint density at radius 2 is 2.00 bits per heavy atom. The molecule has 8 heteroatoms. The summed E-state index contributed by atoms with van der Waals surface area (Å²) in [6.07, 6.45) is 2.61. The van der Waals surface area contributed by atoms with Gasteiger partial charge in [0.05, 0.1) is 32.3 Å². The lowest BCUT2D eigenvalue weighted by molar-refractivity contribution is 0.0692. The summed E-state index contributed by atoms with van der Waals surface area (Å²) in [4.78, 5) is 23.4. The van der Waals surface area contributed by atoms with Crippen LogP contribution in [0, 0.1) is 6.92 Å². The minimum absolute atomic E-state index is 0.0750. The van der Waals surface area contributed by atoms with E-state index in [9.17, 15) is 14.7 Å². The van der Waals surface area contributed by atoms with Gasteiger partial charge < -0.3 is 19.0 Å². The van der Waals surface area contributed by atoms with Gasteiger partial charge in [-0.2, -0.15) is 5.10 Å². The molecular weight excluding hydrogens is 316 g/mol. The minimum Gasteiger partial charge on any atom is -0.493 e. The average molecular weight is 332 g/mol. The van der Waals surface area contributed by atoms with Gasteiger partial charge in [-0.25, -0.2) is 10.2 Å². The molecule has 0 atom stereocenters. The molecule has 0 aliphatic carbocycles. The second kappa shape index (κ2) is 7.32. The second-order valence-electron chi connectivity index (χ2n) is 4.66. The molecule has 126 valence electrons. The third-order valence-corrected chi connectivity index (χ3v) is 3.26. The van der Waals surface area contributed by atoms with Gasteiger partial charge in [-0.05, 0) is 25.1 Å². The zero-order valence-electron chi connectivity index (χ0n) is 13.3. The Hall–Kier alpha value is -3.29. The van der Waals surface area contributed by atoms with Crippen molar-refractivity contribution >= 4 is 18.1 Å². The lowest BCUT2D eigenvalue weighted by Crippen LogP contribution is -2.18. The Balaban J connectivity index is 2.27. The van der Waals surface area contributed by atoms with Gasteiger partial charge >= 0.3 is 5.97 Å². The number of hydrogen-bond acceptors (Lipinski definition) is 6. The number of ether oxygens (including phenoxy) is 2. The van der Waals surface area contributed by atoms with Crippen LogP contribution in [-0.2, 0) is 0 Å². The van der Waals surface area contributed by atoms with Gasteiger partial charge in [0, 0.05) is 5.56 Å². The molecule has 1 aromatic heterocycles. The van der Waals surface area contributed by atoms with E-state index in [0.29, 0.717) is 11.3 Å². The van der Waals surface area contributed by atoms with Gasteiger partial charge in [0.25, 0.3) is 5.91 Å². The number of aryl methyl sites for hydroxylation is 1. The van der Waals surface area contributed by atoms with Crippen molar-refractivity contribution in [1.82, 2.24) is 5.43 Å². The molecule has 2 aromatic rings. The van der Waals surface area contributed by atoms with Crippen LogP contribution in [0.15, 0.2) is 34.0 Å². The van der Waals surface area contributed by atoms with Crippen molar-refractivity contribution in [3.8, 4) is 11.5 Å². The maximum atomic E-state index is 11.9. The number of nitrogens with one attached hydrogen (secondary N) is 1. The molecule has 1 amide bonds. The van der Waals surface area contributed by atoms with Crippen LogP contribution in [0.3, 0.4) is 0 Å². The highest BCUT2D eigenvalue weighted by molar-refractivity contribution is 6.02. The molecule has 2 rings (SSSR count). The lowest BCUT2D eigenvalue weighted by Gasteiger charge is -2.12. The quantitative estimate of drug-likeness (QED) is 0.619. The summed E-state index contributed by atoms with van der Waals surface area (Å²) in [5, 5.41) is 13.2. The Morgan fingerprint density at radius 1 is 1.25 bits per heavy atom. The number of benzene rings is 1. The molecule has 1 aromatic carbocycles. The summed E-state index contributed by atoms with van der Waals surface area (Å²) < 4.78 is 15.2. The summed E-state index contributed by atoms with van der Waals surface area (Å²) in [5.41, 5.74) is 2.80. The van der Waals surface area contributed by atoms with Crippen molar-refractivity contribution in [3.63, 3.8) is 0 Å². The smallest absolute Gasteiger partial charge is 0.340 e. The predicted molar refractivity (Wildman–Crippen MR) is 85.0 cm³/mol. The van der Waals surface area contributed by atoms with E-state index in [-0.39, 0.29) is 22.6 Å². The summed E-state index contributed by atoms with van der Waals surface area (Å²) in [6, 6.07) is 4.57. The average Bonchev–Trinajstić information content (AvgIpc) is 2.99. The van der Waals surface area contributed by atoms with Crippen LogP contribution in [0.5, 0.6) is 11.5 Å². The molecule has 24 heavy (non-hydrogen) atoms. The fourth-order valence-corrected chi connectivity index (χ4v) is 2.11. The van der Waals surface area contributed by atoms with Crippen molar-refractivity contribution in [1.29, 1.82) is 0 Å². The number of hydrogen-bond donors (Lipinski definition) is 2. The van der Waals surface area contributed by atoms with E-state index in [1.165, 1.54) is 38.8 Å². The number of carbonyl (C=O) groups is 2. The van der Waals surface area contributed by atoms with Crippen LogP contribution in [0.4, 0.5) is 0 Å². The molecular formula is C16H16N2O6. The monoisotopic (exact) mass is 332 g/mol. The fraction of sp³-hybridized carbons (Fsp3) is 0.188. The molecule has 0 spiro atoms. The lowest BCUT2D eigenvalue weighted by atomic mass is 10.1. The number of methoxy groups -OCH3 is 2. The standard InChI is InChI=1S/C16H16N2O6/c1-9-11(6-7-24-9)15(19)18-17-8-10-4-5-12(22-2)14(23-3)13(10)16(20)21/h4-8H,1-3H3,(H,18,19)(H,20,21)/b17-8-. The molecule has 1 heterocycles. The Labute approximate surface area is 137 Å². The number of aromatic carboxylic acids is 1. The number of nitrogens with zero attached hydrogens (tertiary/aromatic N) is 1. The zero-order chi connectivity index (χ0) is 17.7. The zero-order valence-corrected chi connectivity index (χ0v) is 13.3. The topological polar surface area (TPSA) is 110 Å². The van der Waals surface area contributed by atoms with Crippen molar-refractivity contribution < 1.29 is 28.6 Å². The number of carboxylic acids is 1. The van der Waals surface area contributed by atoms with Crippen LogP contribution in [0.25, 0.3) is 0 Å². The minimum atomic E-state index is -1.20. The highest BCUT2D eigenvalue weighted by atomic mass is 16.5. The maximum Gasteiger partial charge on any atom is 0.340 e. The van der Waals surface area contributed by atoms with Gasteiger partial charge in [0.15, 0.2) is 11.5 Å². The number of furan rings is 1. The molecule has 0 bridgehead atoms. The Bertz CT molecular complexity index is 794. The van der Waals surface area contributed by atoms with Crippen LogP contribution < -0.4 is 14.9 Å². The molecule has 8 nitrogen and oxygen atoms in total. The number of carbonyl (C=O) groups excluding carboxylic acids is 1. The van der Waals surface area contributed by atoms with E-state index in [0.717, 1.165) is 0 Å². The SMILES string of the molecule is COc1ccc(/C=N\NC(=O)c2ccoc2C)c(C(=O)O)c1OC. The first-order chi connectivity index (χ1) is 11.5. The van der Waals surface area contributed by atoms with E-state index >= 15 is 0 Å². The highest BCUT2D eigenvalue weighted by Gasteiger charge is 2.20. The predicted octanol–water partition coefficient (Wildman–Crippen LogP) is 2.07. The van der Waals surface area contributed by atoms with Gasteiger partial charge in [0.2, 0.25) is 0 Å². The Kier molecular flexibility index (Phi) is 5.20. The molecule has 0 fully saturated rings. The van der Waals surface area contributed by atoms with Crippen molar-refractivity contribution in [3.05, 3.63) is 46.9 Å². The van der Waals surface area contributed by atoms with Crippen LogP contribution in [-0.4, -0.2) is 37.4 Å². The van der Waals surface area contributed by atoms with Gasteiger partial charge in [0.1, 0.15) is 11.3 Å². The largest absolute Gasteiger partial charge is 0.493 e. The summed E-state index contributed by atoms with van der Waals surface area (Å²) in [5.74, 6) is -0.852. The van der Waals surface area contributed by atoms with E-state index in [1.807, 2.05) is 0 Å². The van der Waals surface area contributed by atoms with E-state index in [2.05, 4.69) is 10.5 Å². The van der Waals surface area contributed by atoms with Gasteiger partial charge in [-0.1, -0.05) is 0 Å². The van der Waals surface area contributed by atoms with E-state index < -0.39 is 11.9 Å². The van der Waals surface area contributed by atoms with Crippen LogP contribution >= 0.6 is 0 Å². The highest BCUT2D eigenvalue weighted by Crippen LogP contribution is 2.32. The van der Waals surface area contributed by atoms with Crippen LogP contribution in [0.1, 0.15) is 32.0 Å².